The summed E-state index contributed by atoms with van der Waals surface area (Å²) in [7, 11) is -4.05. The SMILES string of the molecule is Cc1ccc(S(=O)(=O)N(CC(=O)N2c3ccc(Br)cc3CC2C)Cc2ccccc2F)cc1. The number of rotatable bonds is 6. The zero-order chi connectivity index (χ0) is 23.8. The van der Waals surface area contributed by atoms with Crippen molar-refractivity contribution in [1.82, 2.24) is 4.31 Å². The van der Waals surface area contributed by atoms with E-state index in [1.807, 2.05) is 32.0 Å². The Balaban J connectivity index is 1.69. The van der Waals surface area contributed by atoms with Gasteiger partial charge in [0.15, 0.2) is 0 Å². The molecule has 0 fully saturated rings. The Labute approximate surface area is 202 Å². The summed E-state index contributed by atoms with van der Waals surface area (Å²) in [4.78, 5) is 15.1. The Morgan fingerprint density at radius 2 is 1.82 bits per heavy atom. The highest BCUT2D eigenvalue weighted by Crippen LogP contribution is 2.34. The highest BCUT2D eigenvalue weighted by atomic mass is 79.9. The van der Waals surface area contributed by atoms with Crippen LogP contribution >= 0.6 is 15.9 Å². The van der Waals surface area contributed by atoms with E-state index in [1.54, 1.807) is 29.2 Å². The van der Waals surface area contributed by atoms with Crippen molar-refractivity contribution in [2.45, 2.75) is 37.8 Å². The van der Waals surface area contributed by atoms with Gasteiger partial charge in [0.1, 0.15) is 5.82 Å². The maximum Gasteiger partial charge on any atom is 0.243 e. The van der Waals surface area contributed by atoms with Gasteiger partial charge in [0, 0.05) is 28.3 Å². The molecular weight excluding hydrogens is 507 g/mol. The van der Waals surface area contributed by atoms with Crippen molar-refractivity contribution in [3.63, 3.8) is 0 Å². The molecule has 33 heavy (non-hydrogen) atoms. The molecule has 0 spiro atoms. The molecule has 5 nitrogen and oxygen atoms in total. The number of fused-ring (bicyclic) bond motifs is 1. The fraction of sp³-hybridized carbons (Fsp3) is 0.240. The summed E-state index contributed by atoms with van der Waals surface area (Å²) in [6, 6.07) is 18.0. The molecule has 0 bridgehead atoms. The minimum atomic E-state index is -4.05. The molecule has 1 aliphatic heterocycles. The number of hydrogen-bond acceptors (Lipinski definition) is 3. The molecule has 0 radical (unpaired) electrons. The first-order valence-electron chi connectivity index (χ1n) is 10.6. The molecule has 1 amide bonds. The van der Waals surface area contributed by atoms with Gasteiger partial charge >= 0.3 is 0 Å². The van der Waals surface area contributed by atoms with Gasteiger partial charge in [-0.2, -0.15) is 4.31 Å². The van der Waals surface area contributed by atoms with E-state index in [0.29, 0.717) is 6.42 Å². The van der Waals surface area contributed by atoms with E-state index < -0.39 is 22.4 Å². The fourth-order valence-corrected chi connectivity index (χ4v) is 5.88. The van der Waals surface area contributed by atoms with Crippen LogP contribution in [0.5, 0.6) is 0 Å². The smallest absolute Gasteiger partial charge is 0.243 e. The Kier molecular flexibility index (Phi) is 6.70. The molecule has 0 saturated heterocycles. The van der Waals surface area contributed by atoms with Gasteiger partial charge in [-0.3, -0.25) is 4.79 Å². The predicted octanol–water partition coefficient (Wildman–Crippen LogP) is 5.07. The molecule has 1 atom stereocenters. The highest BCUT2D eigenvalue weighted by molar-refractivity contribution is 9.10. The van der Waals surface area contributed by atoms with Crippen LogP contribution in [0.25, 0.3) is 0 Å². The Morgan fingerprint density at radius 1 is 1.12 bits per heavy atom. The lowest BCUT2D eigenvalue weighted by Gasteiger charge is -2.28. The number of sulfonamides is 1. The Bertz CT molecular complexity index is 1300. The van der Waals surface area contributed by atoms with Crippen molar-refractivity contribution < 1.29 is 17.6 Å². The van der Waals surface area contributed by atoms with Gasteiger partial charge in [-0.25, -0.2) is 12.8 Å². The summed E-state index contributed by atoms with van der Waals surface area (Å²) in [5.74, 6) is -0.866. The van der Waals surface area contributed by atoms with Crippen LogP contribution in [-0.4, -0.2) is 31.2 Å². The van der Waals surface area contributed by atoms with Crippen LogP contribution in [0.3, 0.4) is 0 Å². The number of benzene rings is 3. The van der Waals surface area contributed by atoms with Crippen molar-refractivity contribution in [2.24, 2.45) is 0 Å². The van der Waals surface area contributed by atoms with Crippen LogP contribution in [0.15, 0.2) is 76.1 Å². The minimum absolute atomic E-state index is 0.0658. The lowest BCUT2D eigenvalue weighted by atomic mass is 10.1. The van der Waals surface area contributed by atoms with E-state index >= 15 is 0 Å². The van der Waals surface area contributed by atoms with Crippen molar-refractivity contribution >= 4 is 37.5 Å². The molecule has 1 aliphatic rings. The normalized spacial score (nSPS) is 15.7. The molecule has 4 rings (SSSR count). The molecule has 0 aromatic heterocycles. The molecule has 1 unspecified atom stereocenters. The molecule has 0 saturated carbocycles. The van der Waals surface area contributed by atoms with E-state index in [0.717, 1.165) is 25.6 Å². The van der Waals surface area contributed by atoms with E-state index in [-0.39, 0.29) is 29.0 Å². The van der Waals surface area contributed by atoms with Crippen LogP contribution in [-0.2, 0) is 27.8 Å². The lowest BCUT2D eigenvalue weighted by Crippen LogP contribution is -2.44. The molecule has 3 aromatic rings. The monoisotopic (exact) mass is 530 g/mol. The Hall–Kier alpha value is -2.55. The summed E-state index contributed by atoms with van der Waals surface area (Å²) in [5, 5.41) is 0. The minimum Gasteiger partial charge on any atom is -0.308 e. The summed E-state index contributed by atoms with van der Waals surface area (Å²) in [6.07, 6.45) is 0.679. The first-order chi connectivity index (χ1) is 15.7. The zero-order valence-electron chi connectivity index (χ0n) is 18.3. The maximum absolute atomic E-state index is 14.4. The number of halogens is 2. The van der Waals surface area contributed by atoms with Crippen LogP contribution in [0.4, 0.5) is 10.1 Å². The van der Waals surface area contributed by atoms with Crippen LogP contribution < -0.4 is 4.90 Å². The van der Waals surface area contributed by atoms with Crippen molar-refractivity contribution in [3.05, 3.63) is 93.7 Å². The third kappa shape index (κ3) is 4.88. The van der Waals surface area contributed by atoms with E-state index in [1.165, 1.54) is 24.3 Å². The maximum atomic E-state index is 14.4. The molecule has 8 heteroatoms. The first kappa shape index (κ1) is 23.6. The standard InChI is InChI=1S/C25H24BrFN2O3S/c1-17-7-10-22(11-8-17)33(31,32)28(15-19-5-3-4-6-23(19)27)16-25(30)29-18(2)13-20-14-21(26)9-12-24(20)29/h3-12,14,18H,13,15-16H2,1-2H3. The van der Waals surface area contributed by atoms with Crippen LogP contribution in [0, 0.1) is 12.7 Å². The topological polar surface area (TPSA) is 57.7 Å². The summed E-state index contributed by atoms with van der Waals surface area (Å²) in [6.45, 7) is 3.15. The van der Waals surface area contributed by atoms with Crippen LogP contribution in [0.1, 0.15) is 23.6 Å². The second-order valence-electron chi connectivity index (χ2n) is 8.27. The molecule has 0 aliphatic carbocycles. The highest BCUT2D eigenvalue weighted by Gasteiger charge is 2.35. The molecule has 1 heterocycles. The molecule has 172 valence electrons. The van der Waals surface area contributed by atoms with Gasteiger partial charge in [0.05, 0.1) is 11.4 Å². The lowest BCUT2D eigenvalue weighted by molar-refractivity contribution is -0.119. The quantitative estimate of drug-likeness (QED) is 0.447. The largest absolute Gasteiger partial charge is 0.308 e. The van der Waals surface area contributed by atoms with Gasteiger partial charge in [0.25, 0.3) is 0 Å². The van der Waals surface area contributed by atoms with Gasteiger partial charge < -0.3 is 4.90 Å². The van der Waals surface area contributed by atoms with E-state index in [9.17, 15) is 17.6 Å². The third-order valence-corrected chi connectivity index (χ3v) is 8.10. The molecule has 0 N–H and O–H groups in total. The average molecular weight is 531 g/mol. The number of amides is 1. The summed E-state index contributed by atoms with van der Waals surface area (Å²) in [5.41, 5.74) is 2.92. The molecule has 3 aromatic carbocycles. The van der Waals surface area contributed by atoms with E-state index in [4.69, 9.17) is 0 Å². The second-order valence-corrected chi connectivity index (χ2v) is 11.1. The van der Waals surface area contributed by atoms with Gasteiger partial charge in [0.2, 0.25) is 15.9 Å². The third-order valence-electron chi connectivity index (χ3n) is 5.80. The van der Waals surface area contributed by atoms with Crippen molar-refractivity contribution in [3.8, 4) is 0 Å². The Morgan fingerprint density at radius 3 is 2.52 bits per heavy atom. The van der Waals surface area contributed by atoms with Crippen molar-refractivity contribution in [2.75, 3.05) is 11.4 Å². The van der Waals surface area contributed by atoms with Gasteiger partial charge in [-0.1, -0.05) is 51.8 Å². The van der Waals surface area contributed by atoms with Gasteiger partial charge in [-0.05, 0) is 62.2 Å². The fourth-order valence-electron chi connectivity index (χ4n) is 4.11. The number of nitrogens with zero attached hydrogens (tertiary/aromatic N) is 2. The summed E-state index contributed by atoms with van der Waals surface area (Å²) < 4.78 is 43.4. The predicted molar refractivity (Wildman–Crippen MR) is 130 cm³/mol. The number of carbonyl (C=O) groups is 1. The zero-order valence-corrected chi connectivity index (χ0v) is 20.7. The second kappa shape index (κ2) is 9.37. The summed E-state index contributed by atoms with van der Waals surface area (Å²) >= 11 is 3.46. The van der Waals surface area contributed by atoms with E-state index in [2.05, 4.69) is 15.9 Å². The number of aryl methyl sites for hydroxylation is 1. The number of hydrogen-bond donors (Lipinski definition) is 0. The number of carbonyl (C=O) groups excluding carboxylic acids is 1. The van der Waals surface area contributed by atoms with Crippen molar-refractivity contribution in [1.29, 1.82) is 0 Å². The first-order valence-corrected chi connectivity index (χ1v) is 12.8. The number of anilines is 1. The van der Waals surface area contributed by atoms with Crippen LogP contribution in [0.2, 0.25) is 0 Å². The van der Waals surface area contributed by atoms with Gasteiger partial charge in [-0.15, -0.1) is 0 Å². The average Bonchev–Trinajstić information content (AvgIpc) is 3.09. The molecular formula is C25H24BrFN2O3S.